The van der Waals surface area contributed by atoms with E-state index < -0.39 is 35.7 Å². The lowest BCUT2D eigenvalue weighted by Gasteiger charge is -2.29. The average Bonchev–Trinajstić information content (AvgIpc) is 3.27. The molecule has 1 N–H and O–H groups in total. The van der Waals surface area contributed by atoms with Crippen LogP contribution in [0.1, 0.15) is 33.3 Å². The predicted molar refractivity (Wildman–Crippen MR) is 105 cm³/mol. The van der Waals surface area contributed by atoms with E-state index in [-0.39, 0.29) is 12.7 Å². The van der Waals surface area contributed by atoms with Crippen molar-refractivity contribution in [3.05, 3.63) is 35.9 Å². The highest BCUT2D eigenvalue weighted by Gasteiger charge is 2.68. The van der Waals surface area contributed by atoms with Gasteiger partial charge in [0.05, 0.1) is 33.0 Å². The Morgan fingerprint density at radius 1 is 1.00 bits per heavy atom. The molecule has 2 unspecified atom stereocenters. The van der Waals surface area contributed by atoms with Gasteiger partial charge in [-0.05, 0) is 33.3 Å². The summed E-state index contributed by atoms with van der Waals surface area (Å²) in [6.45, 7) is 9.10. The molecular weight excluding hydrogens is 392 g/mol. The van der Waals surface area contributed by atoms with E-state index in [2.05, 4.69) is 0 Å². The fourth-order valence-corrected chi connectivity index (χ4v) is 4.27. The number of fused-ring (bicyclic) bond motifs is 1. The zero-order valence-corrected chi connectivity index (χ0v) is 18.0. The molecule has 3 fully saturated rings. The van der Waals surface area contributed by atoms with Gasteiger partial charge in [0.1, 0.15) is 18.3 Å². The number of aliphatic hydroxyl groups is 1. The molecule has 0 saturated carbocycles. The van der Waals surface area contributed by atoms with E-state index in [1.165, 1.54) is 0 Å². The number of hydrogen-bond acceptors (Lipinski definition) is 8. The highest BCUT2D eigenvalue weighted by atomic mass is 16.8. The van der Waals surface area contributed by atoms with E-state index in [1.54, 1.807) is 0 Å². The molecule has 0 bridgehead atoms. The lowest BCUT2D eigenvalue weighted by molar-refractivity contribution is -0.263. The zero-order chi connectivity index (χ0) is 21.4. The molecule has 0 aromatic heterocycles. The largest absolute Gasteiger partial charge is 0.376 e. The van der Waals surface area contributed by atoms with Crippen LogP contribution < -0.4 is 0 Å². The molecule has 0 amide bonds. The molecule has 8 heteroatoms. The highest BCUT2D eigenvalue weighted by molar-refractivity contribution is 5.13. The van der Waals surface area contributed by atoms with Gasteiger partial charge in [-0.15, -0.1) is 0 Å². The van der Waals surface area contributed by atoms with Gasteiger partial charge >= 0.3 is 0 Å². The Balaban J connectivity index is 1.33. The maximum absolute atomic E-state index is 10.8. The van der Waals surface area contributed by atoms with Crippen molar-refractivity contribution in [3.8, 4) is 0 Å². The second kappa shape index (κ2) is 8.44. The number of rotatable bonds is 8. The maximum atomic E-state index is 10.8. The Hall–Kier alpha value is -1.10. The molecule has 3 aliphatic rings. The van der Waals surface area contributed by atoms with Crippen LogP contribution in [-0.4, -0.2) is 73.3 Å². The monoisotopic (exact) mass is 424 g/mol. The minimum atomic E-state index is -1.20. The number of aliphatic hydroxyl groups excluding tert-OH is 1. The molecule has 0 aliphatic carbocycles. The number of hydrogen-bond donors (Lipinski definition) is 1. The van der Waals surface area contributed by atoms with Gasteiger partial charge in [0.2, 0.25) is 0 Å². The van der Waals surface area contributed by atoms with Crippen LogP contribution >= 0.6 is 0 Å². The Bertz CT molecular complexity index is 708. The summed E-state index contributed by atoms with van der Waals surface area (Å²) >= 11 is 0. The van der Waals surface area contributed by atoms with Crippen LogP contribution in [0.4, 0.5) is 0 Å². The lowest BCUT2D eigenvalue weighted by atomic mass is 9.94. The molecule has 3 saturated heterocycles. The van der Waals surface area contributed by atoms with Crippen LogP contribution in [0.25, 0.3) is 0 Å². The van der Waals surface area contributed by atoms with E-state index >= 15 is 0 Å². The average molecular weight is 424 g/mol. The van der Waals surface area contributed by atoms with Gasteiger partial charge in [0, 0.05) is 0 Å². The van der Waals surface area contributed by atoms with Crippen LogP contribution in [0.5, 0.6) is 0 Å². The van der Waals surface area contributed by atoms with Gasteiger partial charge in [-0.3, -0.25) is 0 Å². The first-order chi connectivity index (χ1) is 14.2. The van der Waals surface area contributed by atoms with Gasteiger partial charge in [-0.25, -0.2) is 0 Å². The van der Waals surface area contributed by atoms with Gasteiger partial charge in [-0.2, -0.15) is 0 Å². The molecule has 168 valence electrons. The second-order valence-corrected chi connectivity index (χ2v) is 8.91. The standard InChI is InChI=1S/C22H32O8/c1-20(2)26-13-16(28-20)17-18-22(19(23)27-17,30-21(3,4)29-18)14-25-11-10-24-12-15-8-6-5-7-9-15/h5-9,16-19,23H,10-14H2,1-4H3/t16?,17-,18+,19?,22+/m1/s1. The molecule has 30 heavy (non-hydrogen) atoms. The van der Waals surface area contributed by atoms with Gasteiger partial charge in [0.25, 0.3) is 0 Å². The Kier molecular flexibility index (Phi) is 6.22. The van der Waals surface area contributed by atoms with Crippen molar-refractivity contribution in [2.24, 2.45) is 0 Å². The summed E-state index contributed by atoms with van der Waals surface area (Å²) in [5.74, 6) is -1.58. The summed E-state index contributed by atoms with van der Waals surface area (Å²) in [6.07, 6.45) is -2.64. The molecule has 0 spiro atoms. The van der Waals surface area contributed by atoms with Crippen molar-refractivity contribution in [1.29, 1.82) is 0 Å². The first kappa shape index (κ1) is 22.1. The molecular formula is C22H32O8. The molecule has 5 atom stereocenters. The van der Waals surface area contributed by atoms with E-state index in [0.717, 1.165) is 5.56 Å². The van der Waals surface area contributed by atoms with Crippen LogP contribution in [0.2, 0.25) is 0 Å². The van der Waals surface area contributed by atoms with Crippen molar-refractivity contribution < 1.29 is 38.3 Å². The lowest BCUT2D eigenvalue weighted by Crippen LogP contribution is -2.52. The quantitative estimate of drug-likeness (QED) is 0.634. The van der Waals surface area contributed by atoms with Crippen LogP contribution in [-0.2, 0) is 39.8 Å². The van der Waals surface area contributed by atoms with E-state index in [4.69, 9.17) is 33.2 Å². The summed E-state index contributed by atoms with van der Waals surface area (Å²) in [5, 5.41) is 10.8. The van der Waals surface area contributed by atoms with Crippen molar-refractivity contribution in [2.75, 3.05) is 26.4 Å². The third kappa shape index (κ3) is 4.56. The maximum Gasteiger partial charge on any atom is 0.189 e. The summed E-state index contributed by atoms with van der Waals surface area (Å²) in [7, 11) is 0. The fourth-order valence-electron chi connectivity index (χ4n) is 4.27. The third-order valence-electron chi connectivity index (χ3n) is 5.54. The number of ether oxygens (including phenoxy) is 7. The van der Waals surface area contributed by atoms with E-state index in [1.807, 2.05) is 58.0 Å². The zero-order valence-electron chi connectivity index (χ0n) is 18.0. The number of benzene rings is 1. The van der Waals surface area contributed by atoms with E-state index in [9.17, 15) is 5.11 Å². The van der Waals surface area contributed by atoms with E-state index in [0.29, 0.717) is 26.4 Å². The SMILES string of the molecule is CC1(C)OCC([C@H]2OC(O)[C@@]3(COCCOCc4ccccc4)OC(C)(C)O[C@@H]23)O1. The topological polar surface area (TPSA) is 84.8 Å². The molecule has 1 aromatic rings. The van der Waals surface area contributed by atoms with Crippen LogP contribution in [0.15, 0.2) is 30.3 Å². The van der Waals surface area contributed by atoms with Gasteiger partial charge < -0.3 is 38.3 Å². The first-order valence-electron chi connectivity index (χ1n) is 10.4. The first-order valence-corrected chi connectivity index (χ1v) is 10.4. The normalized spacial score (nSPS) is 36.8. The third-order valence-corrected chi connectivity index (χ3v) is 5.54. The molecule has 4 rings (SSSR count). The summed E-state index contributed by atoms with van der Waals surface area (Å²) in [6, 6.07) is 9.95. The Morgan fingerprint density at radius 3 is 2.43 bits per heavy atom. The molecule has 8 nitrogen and oxygen atoms in total. The van der Waals surface area contributed by atoms with Gasteiger partial charge in [0.15, 0.2) is 23.5 Å². The van der Waals surface area contributed by atoms with Gasteiger partial charge in [-0.1, -0.05) is 30.3 Å². The fraction of sp³-hybridized carbons (Fsp3) is 0.727. The molecule has 0 radical (unpaired) electrons. The summed E-state index contributed by atoms with van der Waals surface area (Å²) in [5.41, 5.74) is -0.0291. The predicted octanol–water partition coefficient (Wildman–Crippen LogP) is 1.98. The van der Waals surface area contributed by atoms with Crippen LogP contribution in [0.3, 0.4) is 0 Å². The van der Waals surface area contributed by atoms with Crippen molar-refractivity contribution in [1.82, 2.24) is 0 Å². The molecule has 3 heterocycles. The smallest absolute Gasteiger partial charge is 0.189 e. The van der Waals surface area contributed by atoms with Crippen molar-refractivity contribution in [3.63, 3.8) is 0 Å². The van der Waals surface area contributed by atoms with Crippen LogP contribution in [0, 0.1) is 0 Å². The second-order valence-electron chi connectivity index (χ2n) is 8.91. The summed E-state index contributed by atoms with van der Waals surface area (Å²) < 4.78 is 41.2. The molecule has 1 aromatic carbocycles. The summed E-state index contributed by atoms with van der Waals surface area (Å²) in [4.78, 5) is 0. The van der Waals surface area contributed by atoms with Crippen molar-refractivity contribution in [2.45, 2.75) is 76.1 Å². The van der Waals surface area contributed by atoms with Crippen molar-refractivity contribution >= 4 is 0 Å². The highest BCUT2D eigenvalue weighted by Crippen LogP contribution is 2.48. The minimum Gasteiger partial charge on any atom is -0.376 e. The Morgan fingerprint density at radius 2 is 1.73 bits per heavy atom. The Labute approximate surface area is 177 Å². The molecule has 3 aliphatic heterocycles. The minimum absolute atomic E-state index is 0.116.